The summed E-state index contributed by atoms with van der Waals surface area (Å²) in [6.45, 7) is 6.70. The molecule has 0 spiro atoms. The molecule has 1 aliphatic carbocycles. The van der Waals surface area contributed by atoms with Crippen LogP contribution in [0.5, 0.6) is 0 Å². The smallest absolute Gasteiger partial charge is 0.328 e. The SMILES string of the molecule is CCOC(=O)C(CC(C)C)NC(=O)NC[C@H]1CC[C@@H](Nc2nccc(N(C)C)n2)CC1. The molecular formula is C22H38N6O3. The summed E-state index contributed by atoms with van der Waals surface area (Å²) >= 11 is 0. The molecule has 31 heavy (non-hydrogen) atoms. The number of hydrogen-bond acceptors (Lipinski definition) is 7. The van der Waals surface area contributed by atoms with Crippen LogP contribution in [0.4, 0.5) is 16.6 Å². The van der Waals surface area contributed by atoms with E-state index in [0.29, 0.717) is 37.5 Å². The van der Waals surface area contributed by atoms with Crippen molar-refractivity contribution >= 4 is 23.8 Å². The number of hydrogen-bond donors (Lipinski definition) is 3. The van der Waals surface area contributed by atoms with E-state index in [0.717, 1.165) is 31.5 Å². The number of ether oxygens (including phenoxy) is 1. The van der Waals surface area contributed by atoms with Crippen LogP contribution >= 0.6 is 0 Å². The van der Waals surface area contributed by atoms with Gasteiger partial charge in [0.15, 0.2) is 0 Å². The van der Waals surface area contributed by atoms with E-state index in [1.54, 1.807) is 13.1 Å². The van der Waals surface area contributed by atoms with Gasteiger partial charge in [0.05, 0.1) is 6.61 Å². The first-order valence-electron chi connectivity index (χ1n) is 11.3. The largest absolute Gasteiger partial charge is 0.464 e. The van der Waals surface area contributed by atoms with Gasteiger partial charge >= 0.3 is 12.0 Å². The van der Waals surface area contributed by atoms with Gasteiger partial charge in [-0.3, -0.25) is 0 Å². The maximum atomic E-state index is 12.3. The van der Waals surface area contributed by atoms with Gasteiger partial charge < -0.3 is 25.6 Å². The van der Waals surface area contributed by atoms with E-state index < -0.39 is 6.04 Å². The number of amides is 2. The van der Waals surface area contributed by atoms with Crippen LogP contribution in [0.25, 0.3) is 0 Å². The molecule has 0 saturated heterocycles. The number of carbonyl (C=O) groups excluding carboxylic acids is 2. The van der Waals surface area contributed by atoms with E-state index in [9.17, 15) is 9.59 Å². The van der Waals surface area contributed by atoms with Crippen LogP contribution in [0.2, 0.25) is 0 Å². The molecule has 9 heteroatoms. The summed E-state index contributed by atoms with van der Waals surface area (Å²) in [6, 6.07) is 1.29. The minimum Gasteiger partial charge on any atom is -0.464 e. The average molecular weight is 435 g/mol. The Morgan fingerprint density at radius 1 is 1.23 bits per heavy atom. The van der Waals surface area contributed by atoms with Crippen molar-refractivity contribution in [2.75, 3.05) is 37.5 Å². The number of carbonyl (C=O) groups is 2. The highest BCUT2D eigenvalue weighted by atomic mass is 16.5. The van der Waals surface area contributed by atoms with Gasteiger partial charge in [-0.25, -0.2) is 14.6 Å². The topological polar surface area (TPSA) is 108 Å². The lowest BCUT2D eigenvalue weighted by Gasteiger charge is -2.29. The van der Waals surface area contributed by atoms with Crippen molar-refractivity contribution in [3.05, 3.63) is 12.3 Å². The molecule has 2 rings (SSSR count). The van der Waals surface area contributed by atoms with Gasteiger partial charge in [0, 0.05) is 32.9 Å². The van der Waals surface area contributed by atoms with E-state index in [-0.39, 0.29) is 17.9 Å². The number of rotatable bonds is 10. The Kier molecular flexibility index (Phi) is 9.81. The van der Waals surface area contributed by atoms with Gasteiger partial charge in [-0.15, -0.1) is 0 Å². The van der Waals surface area contributed by atoms with Crippen molar-refractivity contribution in [2.45, 2.75) is 65.0 Å². The number of anilines is 2. The molecule has 2 amide bonds. The van der Waals surface area contributed by atoms with Crippen LogP contribution in [0.15, 0.2) is 12.3 Å². The lowest BCUT2D eigenvalue weighted by molar-refractivity contribution is -0.145. The van der Waals surface area contributed by atoms with Gasteiger partial charge in [-0.05, 0) is 56.9 Å². The highest BCUT2D eigenvalue weighted by molar-refractivity contribution is 5.83. The number of aromatic nitrogens is 2. The molecule has 3 N–H and O–H groups in total. The lowest BCUT2D eigenvalue weighted by Crippen LogP contribution is -2.48. The van der Waals surface area contributed by atoms with Gasteiger partial charge in [0.1, 0.15) is 11.9 Å². The molecule has 1 fully saturated rings. The van der Waals surface area contributed by atoms with E-state index in [1.807, 2.05) is 38.9 Å². The second-order valence-electron chi connectivity index (χ2n) is 8.78. The highest BCUT2D eigenvalue weighted by Crippen LogP contribution is 2.25. The summed E-state index contributed by atoms with van der Waals surface area (Å²) in [5.74, 6) is 1.85. The number of urea groups is 1. The maximum Gasteiger partial charge on any atom is 0.328 e. The Hall–Kier alpha value is -2.58. The monoisotopic (exact) mass is 434 g/mol. The Morgan fingerprint density at radius 2 is 1.94 bits per heavy atom. The molecule has 0 aromatic carbocycles. The summed E-state index contributed by atoms with van der Waals surface area (Å²) in [6.07, 6.45) is 6.35. The van der Waals surface area contributed by atoms with E-state index >= 15 is 0 Å². The number of nitrogens with one attached hydrogen (secondary N) is 3. The first kappa shape index (κ1) is 24.7. The van der Waals surface area contributed by atoms with Crippen LogP contribution in [0.1, 0.15) is 52.9 Å². The van der Waals surface area contributed by atoms with Crippen LogP contribution in [0.3, 0.4) is 0 Å². The van der Waals surface area contributed by atoms with Crippen LogP contribution in [-0.2, 0) is 9.53 Å². The molecule has 0 radical (unpaired) electrons. The summed E-state index contributed by atoms with van der Waals surface area (Å²) < 4.78 is 5.08. The van der Waals surface area contributed by atoms with Crippen molar-refractivity contribution in [1.82, 2.24) is 20.6 Å². The Bertz CT molecular complexity index is 704. The second kappa shape index (κ2) is 12.3. The van der Waals surface area contributed by atoms with Crippen LogP contribution in [0, 0.1) is 11.8 Å². The third-order valence-electron chi connectivity index (χ3n) is 5.41. The van der Waals surface area contributed by atoms with E-state index in [4.69, 9.17) is 4.74 Å². The Labute approximate surface area is 185 Å². The molecule has 0 aliphatic heterocycles. The quantitative estimate of drug-likeness (QED) is 0.486. The standard InChI is InChI=1S/C22H38N6O3/c1-6-31-20(29)18(13-15(2)3)26-22(30)24-14-16-7-9-17(10-8-16)25-21-23-12-11-19(27-21)28(4)5/h11-12,15-18H,6-10,13-14H2,1-5H3,(H,23,25,27)(H2,24,26,30)/t16-,17+,18?. The summed E-state index contributed by atoms with van der Waals surface area (Å²) in [5.41, 5.74) is 0. The highest BCUT2D eigenvalue weighted by Gasteiger charge is 2.25. The lowest BCUT2D eigenvalue weighted by atomic mass is 9.86. The molecule has 1 aromatic heterocycles. The summed E-state index contributed by atoms with van der Waals surface area (Å²) in [7, 11) is 3.91. The predicted molar refractivity (Wildman–Crippen MR) is 122 cm³/mol. The minimum absolute atomic E-state index is 0.278. The molecule has 174 valence electrons. The average Bonchev–Trinajstić information content (AvgIpc) is 2.73. The fourth-order valence-electron chi connectivity index (χ4n) is 3.74. The fraction of sp³-hybridized carbons (Fsp3) is 0.727. The molecular weight excluding hydrogens is 396 g/mol. The maximum absolute atomic E-state index is 12.3. The molecule has 1 heterocycles. The molecule has 1 unspecified atom stereocenters. The van der Waals surface area contributed by atoms with Crippen LogP contribution < -0.4 is 20.9 Å². The summed E-state index contributed by atoms with van der Waals surface area (Å²) in [5, 5.41) is 9.13. The molecule has 0 bridgehead atoms. The number of nitrogens with zero attached hydrogens (tertiary/aromatic N) is 3. The first-order chi connectivity index (χ1) is 14.8. The predicted octanol–water partition coefficient (Wildman–Crippen LogP) is 2.79. The normalized spacial score (nSPS) is 19.4. The third kappa shape index (κ3) is 8.59. The fourth-order valence-corrected chi connectivity index (χ4v) is 3.74. The van der Waals surface area contributed by atoms with Crippen molar-refractivity contribution in [3.8, 4) is 0 Å². The van der Waals surface area contributed by atoms with Gasteiger partial charge in [-0.1, -0.05) is 13.8 Å². The third-order valence-corrected chi connectivity index (χ3v) is 5.41. The zero-order valence-corrected chi connectivity index (χ0v) is 19.5. The number of esters is 1. The first-order valence-corrected chi connectivity index (χ1v) is 11.3. The van der Waals surface area contributed by atoms with Crippen molar-refractivity contribution in [1.29, 1.82) is 0 Å². The Balaban J connectivity index is 1.74. The van der Waals surface area contributed by atoms with Gasteiger partial charge in [0.2, 0.25) is 5.95 Å². The Morgan fingerprint density at radius 3 is 2.55 bits per heavy atom. The van der Waals surface area contributed by atoms with Crippen molar-refractivity contribution in [2.24, 2.45) is 11.8 Å². The van der Waals surface area contributed by atoms with Crippen LogP contribution in [-0.4, -0.2) is 61.3 Å². The van der Waals surface area contributed by atoms with E-state index in [1.165, 1.54) is 0 Å². The molecule has 1 atom stereocenters. The van der Waals surface area contributed by atoms with Crippen molar-refractivity contribution in [3.63, 3.8) is 0 Å². The molecule has 9 nitrogen and oxygen atoms in total. The molecule has 1 aliphatic rings. The van der Waals surface area contributed by atoms with Gasteiger partial charge in [-0.2, -0.15) is 4.98 Å². The minimum atomic E-state index is -0.613. The molecule has 1 saturated carbocycles. The van der Waals surface area contributed by atoms with E-state index in [2.05, 4.69) is 25.9 Å². The zero-order chi connectivity index (χ0) is 22.8. The zero-order valence-electron chi connectivity index (χ0n) is 19.5. The van der Waals surface area contributed by atoms with Gasteiger partial charge in [0.25, 0.3) is 0 Å². The van der Waals surface area contributed by atoms with Crippen molar-refractivity contribution < 1.29 is 14.3 Å². The molecule has 1 aromatic rings. The second-order valence-corrected chi connectivity index (χ2v) is 8.78. The summed E-state index contributed by atoms with van der Waals surface area (Å²) in [4.78, 5) is 35.2.